The zero-order valence-electron chi connectivity index (χ0n) is 22.1. The third kappa shape index (κ3) is 4.72. The van der Waals surface area contributed by atoms with Crippen LogP contribution in [0.15, 0.2) is 48.7 Å². The number of aromatic nitrogens is 1. The van der Waals surface area contributed by atoms with E-state index in [1.807, 2.05) is 0 Å². The molecule has 1 aliphatic heterocycles. The number of carbonyl (C=O) groups is 2. The maximum atomic E-state index is 15.5. The zero-order chi connectivity index (χ0) is 29.5. The SMILES string of the molecule is CCOC(=O)CC12CC(F)(F)C(C)C(C=Cc3ccc(-c4ccccc4C#N)cn3)C1C(C)N(C(=O)O)S2(=O)=O. The molecule has 0 bridgehead atoms. The molecule has 4 rings (SSSR count). The van der Waals surface area contributed by atoms with Crippen molar-refractivity contribution in [1.29, 1.82) is 5.26 Å². The molecule has 2 heterocycles. The number of sulfonamides is 1. The largest absolute Gasteiger partial charge is 0.466 e. The lowest BCUT2D eigenvalue weighted by Gasteiger charge is -2.48. The quantitative estimate of drug-likeness (QED) is 0.480. The first-order valence-corrected chi connectivity index (χ1v) is 14.2. The number of alkyl halides is 2. The van der Waals surface area contributed by atoms with E-state index in [0.717, 1.165) is 0 Å². The lowest BCUT2D eigenvalue weighted by atomic mass is 9.61. The van der Waals surface area contributed by atoms with Crippen LogP contribution in [-0.2, 0) is 19.6 Å². The number of ether oxygens (including phenoxy) is 1. The molecule has 0 spiro atoms. The number of benzene rings is 1. The number of hydrogen-bond donors (Lipinski definition) is 1. The number of rotatable bonds is 6. The highest BCUT2D eigenvalue weighted by atomic mass is 32.2. The van der Waals surface area contributed by atoms with Gasteiger partial charge in [-0.15, -0.1) is 0 Å². The maximum absolute atomic E-state index is 15.5. The predicted molar refractivity (Wildman–Crippen MR) is 141 cm³/mol. The van der Waals surface area contributed by atoms with E-state index in [1.54, 1.807) is 36.4 Å². The maximum Gasteiger partial charge on any atom is 0.421 e. The van der Waals surface area contributed by atoms with Crippen molar-refractivity contribution in [1.82, 2.24) is 9.29 Å². The molecular weight excluding hydrogens is 544 g/mol. The summed E-state index contributed by atoms with van der Waals surface area (Å²) in [5, 5.41) is 19.1. The van der Waals surface area contributed by atoms with Crippen molar-refractivity contribution in [3.63, 3.8) is 0 Å². The van der Waals surface area contributed by atoms with E-state index >= 15 is 8.78 Å². The van der Waals surface area contributed by atoms with Gasteiger partial charge in [0.15, 0.2) is 0 Å². The number of fused-ring (bicyclic) bond motifs is 1. The molecule has 40 heavy (non-hydrogen) atoms. The Balaban J connectivity index is 1.77. The topological polar surface area (TPSA) is 138 Å². The molecule has 1 amide bonds. The average Bonchev–Trinajstić information content (AvgIpc) is 3.05. The second-order valence-electron chi connectivity index (χ2n) is 10.2. The predicted octanol–water partition coefficient (Wildman–Crippen LogP) is 4.94. The molecule has 212 valence electrons. The lowest BCUT2D eigenvalue weighted by molar-refractivity contribution is -0.151. The van der Waals surface area contributed by atoms with Gasteiger partial charge in [-0.3, -0.25) is 9.78 Å². The van der Waals surface area contributed by atoms with Gasteiger partial charge >= 0.3 is 12.1 Å². The van der Waals surface area contributed by atoms with Crippen molar-refractivity contribution in [2.24, 2.45) is 17.8 Å². The summed E-state index contributed by atoms with van der Waals surface area (Å²) < 4.78 is 61.1. The minimum atomic E-state index is -4.89. The van der Waals surface area contributed by atoms with Gasteiger partial charge in [0.1, 0.15) is 4.75 Å². The van der Waals surface area contributed by atoms with E-state index in [9.17, 15) is 28.4 Å². The summed E-state index contributed by atoms with van der Waals surface area (Å²) >= 11 is 0. The van der Waals surface area contributed by atoms with Gasteiger partial charge in [-0.1, -0.05) is 37.3 Å². The van der Waals surface area contributed by atoms with Gasteiger partial charge in [0.25, 0.3) is 5.92 Å². The Bertz CT molecular complexity index is 1490. The first-order valence-electron chi connectivity index (χ1n) is 12.7. The molecule has 5 unspecified atom stereocenters. The number of hydrogen-bond acceptors (Lipinski definition) is 7. The molecule has 1 aromatic carbocycles. The smallest absolute Gasteiger partial charge is 0.421 e. The van der Waals surface area contributed by atoms with Gasteiger partial charge in [-0.05, 0) is 38.0 Å². The van der Waals surface area contributed by atoms with Crippen LogP contribution < -0.4 is 0 Å². The van der Waals surface area contributed by atoms with Crippen LogP contribution in [-0.4, -0.2) is 58.2 Å². The summed E-state index contributed by atoms with van der Waals surface area (Å²) in [6.45, 7) is 4.07. The van der Waals surface area contributed by atoms with Crippen molar-refractivity contribution in [2.75, 3.05) is 6.61 Å². The molecule has 1 aromatic heterocycles. The van der Waals surface area contributed by atoms with Crippen molar-refractivity contribution in [2.45, 2.75) is 50.3 Å². The van der Waals surface area contributed by atoms with Gasteiger partial charge < -0.3 is 9.84 Å². The Morgan fingerprint density at radius 3 is 2.55 bits per heavy atom. The number of pyridine rings is 1. The zero-order valence-corrected chi connectivity index (χ0v) is 22.9. The highest BCUT2D eigenvalue weighted by Gasteiger charge is 2.73. The standard InChI is InChI=1S/C28H29F2N3O6S/c1-4-39-24(34)13-27-16-28(29,30)17(2)22(25(27)18(3)33(26(35)36)40(27,37)38)12-11-21-10-9-20(15-32-21)23-8-6-5-7-19(23)14-31/h5-12,15,17-18,22,25H,4,13,16H2,1-3H3,(H,35,36). The monoisotopic (exact) mass is 573 g/mol. The number of allylic oxidation sites excluding steroid dienone is 1. The molecule has 0 radical (unpaired) electrons. The van der Waals surface area contributed by atoms with Crippen LogP contribution in [0.25, 0.3) is 17.2 Å². The van der Waals surface area contributed by atoms with Gasteiger partial charge in [-0.2, -0.15) is 5.26 Å². The molecule has 1 saturated carbocycles. The molecule has 9 nitrogen and oxygen atoms in total. The Kier molecular flexibility index (Phi) is 7.73. The van der Waals surface area contributed by atoms with Crippen molar-refractivity contribution in [3.05, 3.63) is 59.9 Å². The summed E-state index contributed by atoms with van der Waals surface area (Å²) in [5.74, 6) is -8.15. The molecular formula is C28H29F2N3O6S. The second kappa shape index (κ2) is 10.6. The highest BCUT2D eigenvalue weighted by molar-refractivity contribution is 7.91. The number of carboxylic acid groups (broad SMARTS) is 1. The van der Waals surface area contributed by atoms with Crippen LogP contribution in [0, 0.1) is 29.1 Å². The minimum Gasteiger partial charge on any atom is -0.466 e. The van der Waals surface area contributed by atoms with E-state index in [1.165, 1.54) is 39.1 Å². The third-order valence-corrected chi connectivity index (χ3v) is 10.6. The first-order chi connectivity index (χ1) is 18.8. The van der Waals surface area contributed by atoms with Gasteiger partial charge in [0.05, 0.1) is 36.4 Å². The summed E-state index contributed by atoms with van der Waals surface area (Å²) in [7, 11) is -4.89. The lowest BCUT2D eigenvalue weighted by Crippen LogP contribution is -2.58. The third-order valence-electron chi connectivity index (χ3n) is 8.03. The second-order valence-corrected chi connectivity index (χ2v) is 12.3. The minimum absolute atomic E-state index is 0.0888. The Morgan fingerprint density at radius 2 is 1.95 bits per heavy atom. The fraction of sp³-hybridized carbons (Fsp3) is 0.429. The highest BCUT2D eigenvalue weighted by Crippen LogP contribution is 2.60. The number of nitrogens with zero attached hydrogens (tertiary/aromatic N) is 3. The molecule has 1 N–H and O–H groups in total. The molecule has 2 fully saturated rings. The van der Waals surface area contributed by atoms with Gasteiger partial charge in [0.2, 0.25) is 10.0 Å². The first kappa shape index (κ1) is 29.1. The van der Waals surface area contributed by atoms with E-state index in [0.29, 0.717) is 22.4 Å². The molecule has 5 atom stereocenters. The number of amides is 1. The van der Waals surface area contributed by atoms with E-state index < -0.39 is 69.4 Å². The summed E-state index contributed by atoms with van der Waals surface area (Å²) in [6, 6.07) is 11.2. The molecule has 12 heteroatoms. The Morgan fingerprint density at radius 1 is 1.25 bits per heavy atom. The summed E-state index contributed by atoms with van der Waals surface area (Å²) in [4.78, 5) is 29.0. The van der Waals surface area contributed by atoms with Crippen LogP contribution in [0.4, 0.5) is 13.6 Å². The molecule has 2 aromatic rings. The number of nitriles is 1. The van der Waals surface area contributed by atoms with Gasteiger partial charge in [-0.25, -0.2) is 26.3 Å². The Hall–Kier alpha value is -3.85. The van der Waals surface area contributed by atoms with Crippen molar-refractivity contribution in [3.8, 4) is 17.2 Å². The van der Waals surface area contributed by atoms with Crippen LogP contribution in [0.5, 0.6) is 0 Å². The normalized spacial score (nSPS) is 28.6. The van der Waals surface area contributed by atoms with Crippen molar-refractivity contribution < 1.29 is 36.6 Å². The number of carbonyl (C=O) groups excluding carboxylic acids is 1. The number of esters is 1. The molecule has 1 saturated heterocycles. The molecule has 1 aliphatic carbocycles. The van der Waals surface area contributed by atoms with Crippen LogP contribution in [0.1, 0.15) is 44.9 Å². The number of halogens is 2. The summed E-state index contributed by atoms with van der Waals surface area (Å²) in [6.07, 6.45) is 0.579. The average molecular weight is 574 g/mol. The van der Waals surface area contributed by atoms with Crippen molar-refractivity contribution >= 4 is 28.2 Å². The fourth-order valence-corrected chi connectivity index (χ4v) is 8.74. The van der Waals surface area contributed by atoms with Crippen LogP contribution in [0.3, 0.4) is 0 Å². The Labute approximate surface area is 231 Å². The summed E-state index contributed by atoms with van der Waals surface area (Å²) in [5.41, 5.74) is 2.20. The van der Waals surface area contributed by atoms with E-state index in [4.69, 9.17) is 4.74 Å². The van der Waals surface area contributed by atoms with E-state index in [2.05, 4.69) is 11.1 Å². The van der Waals surface area contributed by atoms with E-state index in [-0.39, 0.29) is 10.9 Å². The fourth-order valence-electron chi connectivity index (χ4n) is 6.20. The van der Waals surface area contributed by atoms with Gasteiger partial charge in [0, 0.05) is 35.6 Å². The van der Waals surface area contributed by atoms with Crippen LogP contribution in [0.2, 0.25) is 0 Å². The molecule has 2 aliphatic rings. The van der Waals surface area contributed by atoms with Crippen LogP contribution >= 0.6 is 0 Å².